The fourth-order valence-corrected chi connectivity index (χ4v) is 1.68. The molecule has 1 atom stereocenters. The molecule has 0 fully saturated rings. The molecule has 3 nitrogen and oxygen atoms in total. The number of aromatic nitrogens is 1. The highest BCUT2D eigenvalue weighted by molar-refractivity contribution is 5.23. The third-order valence-electron chi connectivity index (χ3n) is 2.47. The van der Waals surface area contributed by atoms with Gasteiger partial charge in [-0.3, -0.25) is 0 Å². The van der Waals surface area contributed by atoms with Gasteiger partial charge in [-0.25, -0.2) is 4.98 Å². The minimum Gasteiger partial charge on any atom is -0.477 e. The van der Waals surface area contributed by atoms with Gasteiger partial charge in [-0.2, -0.15) is 0 Å². The lowest BCUT2D eigenvalue weighted by Crippen LogP contribution is -2.09. The fourth-order valence-electron chi connectivity index (χ4n) is 1.68. The lowest BCUT2D eigenvalue weighted by atomic mass is 10.1. The molecular formula is C13H21NO2. The highest BCUT2D eigenvalue weighted by atomic mass is 16.5. The normalized spacial score (nSPS) is 12.5. The number of nitrogens with zero attached hydrogens (tertiary/aromatic N) is 1. The summed E-state index contributed by atoms with van der Waals surface area (Å²) in [5, 5.41) is 9.06. The number of hydrogen-bond acceptors (Lipinski definition) is 3. The van der Waals surface area contributed by atoms with Crippen LogP contribution in [0.3, 0.4) is 0 Å². The van der Waals surface area contributed by atoms with Crippen LogP contribution in [0.5, 0.6) is 5.88 Å². The van der Waals surface area contributed by atoms with Crippen molar-refractivity contribution in [3.63, 3.8) is 0 Å². The summed E-state index contributed by atoms with van der Waals surface area (Å²) in [5.41, 5.74) is 1.73. The Hall–Kier alpha value is -1.09. The summed E-state index contributed by atoms with van der Waals surface area (Å²) in [5.74, 6) is 1.16. The molecule has 16 heavy (non-hydrogen) atoms. The minimum atomic E-state index is 0.0320. The molecule has 1 N–H and O–H groups in total. The van der Waals surface area contributed by atoms with E-state index < -0.39 is 0 Å². The van der Waals surface area contributed by atoms with Gasteiger partial charge in [0.1, 0.15) is 0 Å². The Bertz CT molecular complexity index is 326. The number of rotatable bonds is 6. The highest BCUT2D eigenvalue weighted by Crippen LogP contribution is 2.14. The van der Waals surface area contributed by atoms with Crippen LogP contribution in [-0.2, 0) is 6.61 Å². The maximum atomic E-state index is 9.06. The molecule has 1 unspecified atom stereocenters. The summed E-state index contributed by atoms with van der Waals surface area (Å²) >= 11 is 0. The van der Waals surface area contributed by atoms with Crippen LogP contribution in [0.2, 0.25) is 0 Å². The van der Waals surface area contributed by atoms with Gasteiger partial charge in [0.2, 0.25) is 5.88 Å². The highest BCUT2D eigenvalue weighted by Gasteiger charge is 2.04. The zero-order valence-electron chi connectivity index (χ0n) is 10.4. The molecule has 0 spiro atoms. The van der Waals surface area contributed by atoms with Crippen LogP contribution in [-0.4, -0.2) is 16.7 Å². The molecule has 1 aromatic rings. The van der Waals surface area contributed by atoms with Crippen LogP contribution in [0.25, 0.3) is 0 Å². The van der Waals surface area contributed by atoms with Crippen molar-refractivity contribution >= 4 is 0 Å². The molecule has 0 aliphatic carbocycles. The van der Waals surface area contributed by atoms with Crippen molar-refractivity contribution in [3.05, 3.63) is 23.4 Å². The van der Waals surface area contributed by atoms with Gasteiger partial charge in [0.15, 0.2) is 0 Å². The van der Waals surface area contributed by atoms with Crippen molar-refractivity contribution in [2.24, 2.45) is 5.92 Å². The van der Waals surface area contributed by atoms with Crippen LogP contribution in [0.1, 0.15) is 37.9 Å². The molecule has 90 valence electrons. The average molecular weight is 223 g/mol. The number of pyridine rings is 1. The maximum Gasteiger partial charge on any atom is 0.213 e. The summed E-state index contributed by atoms with van der Waals surface area (Å²) < 4.78 is 5.62. The van der Waals surface area contributed by atoms with Crippen LogP contribution in [0.15, 0.2) is 12.1 Å². The molecule has 1 aromatic heterocycles. The maximum absolute atomic E-state index is 9.06. The van der Waals surface area contributed by atoms with E-state index in [9.17, 15) is 0 Å². The SMILES string of the molecule is CCCC(C)COc1cc(CO)cc(C)n1. The lowest BCUT2D eigenvalue weighted by molar-refractivity contribution is 0.240. The third kappa shape index (κ3) is 4.19. The average Bonchev–Trinajstić information content (AvgIpc) is 2.26. The molecule has 0 aliphatic heterocycles. The molecule has 0 amide bonds. The second-order valence-corrected chi connectivity index (χ2v) is 4.32. The van der Waals surface area contributed by atoms with Gasteiger partial charge in [-0.1, -0.05) is 20.3 Å². The van der Waals surface area contributed by atoms with Gasteiger partial charge >= 0.3 is 0 Å². The molecule has 0 bridgehead atoms. The first kappa shape index (κ1) is 13.0. The van der Waals surface area contributed by atoms with Crippen molar-refractivity contribution < 1.29 is 9.84 Å². The molecule has 0 aliphatic rings. The molecular weight excluding hydrogens is 202 g/mol. The Labute approximate surface area is 97.5 Å². The standard InChI is InChI=1S/C13H21NO2/c1-4-5-10(2)9-16-13-7-12(8-15)6-11(3)14-13/h6-7,10,15H,4-5,8-9H2,1-3H3. The summed E-state index contributed by atoms with van der Waals surface area (Å²) in [7, 11) is 0. The van der Waals surface area contributed by atoms with Crippen LogP contribution in [0, 0.1) is 12.8 Å². The topological polar surface area (TPSA) is 42.4 Å². The zero-order valence-corrected chi connectivity index (χ0v) is 10.4. The molecule has 1 rings (SSSR count). The minimum absolute atomic E-state index is 0.0320. The van der Waals surface area contributed by atoms with Crippen molar-refractivity contribution in [2.45, 2.75) is 40.2 Å². The predicted octanol–water partition coefficient (Wildman–Crippen LogP) is 2.70. The Balaban J connectivity index is 2.56. The molecule has 0 saturated carbocycles. The lowest BCUT2D eigenvalue weighted by Gasteiger charge is -2.12. The van der Waals surface area contributed by atoms with Crippen molar-refractivity contribution in [3.8, 4) is 5.88 Å². The summed E-state index contributed by atoms with van der Waals surface area (Å²) in [4.78, 5) is 4.28. The molecule has 0 aromatic carbocycles. The summed E-state index contributed by atoms with van der Waals surface area (Å²) in [6.45, 7) is 6.97. The Morgan fingerprint density at radius 1 is 1.44 bits per heavy atom. The van der Waals surface area contributed by atoms with Gasteiger partial charge in [-0.15, -0.1) is 0 Å². The first-order chi connectivity index (χ1) is 7.65. The van der Waals surface area contributed by atoms with E-state index in [1.165, 1.54) is 12.8 Å². The van der Waals surface area contributed by atoms with Crippen molar-refractivity contribution in [2.75, 3.05) is 6.61 Å². The van der Waals surface area contributed by atoms with Crippen LogP contribution in [0.4, 0.5) is 0 Å². The first-order valence-corrected chi connectivity index (χ1v) is 5.87. The quantitative estimate of drug-likeness (QED) is 0.806. The second kappa shape index (κ2) is 6.48. The van der Waals surface area contributed by atoms with Crippen molar-refractivity contribution in [1.82, 2.24) is 4.98 Å². The van der Waals surface area contributed by atoms with E-state index >= 15 is 0 Å². The van der Waals surface area contributed by atoms with Crippen molar-refractivity contribution in [1.29, 1.82) is 0 Å². The number of ether oxygens (including phenoxy) is 1. The molecule has 0 saturated heterocycles. The smallest absolute Gasteiger partial charge is 0.213 e. The fraction of sp³-hybridized carbons (Fsp3) is 0.615. The monoisotopic (exact) mass is 223 g/mol. The Kier molecular flexibility index (Phi) is 5.26. The van der Waals surface area contributed by atoms with Gasteiger partial charge < -0.3 is 9.84 Å². The molecule has 3 heteroatoms. The van der Waals surface area contributed by atoms with Crippen LogP contribution < -0.4 is 4.74 Å². The number of hydrogen-bond donors (Lipinski definition) is 1. The second-order valence-electron chi connectivity index (χ2n) is 4.32. The van der Waals surface area contributed by atoms with E-state index in [-0.39, 0.29) is 6.61 Å². The van der Waals surface area contributed by atoms with Gasteiger partial charge in [-0.05, 0) is 30.9 Å². The van der Waals surface area contributed by atoms with E-state index in [0.29, 0.717) is 18.4 Å². The van der Waals surface area contributed by atoms with E-state index in [1.54, 1.807) is 6.07 Å². The van der Waals surface area contributed by atoms with Gasteiger partial charge in [0, 0.05) is 11.8 Å². The number of aliphatic hydroxyl groups excluding tert-OH is 1. The summed E-state index contributed by atoms with van der Waals surface area (Å²) in [6, 6.07) is 3.66. The van der Waals surface area contributed by atoms with Gasteiger partial charge in [0.25, 0.3) is 0 Å². The largest absolute Gasteiger partial charge is 0.477 e. The predicted molar refractivity (Wildman–Crippen MR) is 64.5 cm³/mol. The van der Waals surface area contributed by atoms with E-state index in [1.807, 2.05) is 13.0 Å². The number of aryl methyl sites for hydroxylation is 1. The van der Waals surface area contributed by atoms with Gasteiger partial charge in [0.05, 0.1) is 13.2 Å². The Morgan fingerprint density at radius 3 is 2.81 bits per heavy atom. The summed E-state index contributed by atoms with van der Waals surface area (Å²) in [6.07, 6.45) is 2.34. The van der Waals surface area contributed by atoms with E-state index in [2.05, 4.69) is 18.8 Å². The molecule has 0 radical (unpaired) electrons. The zero-order chi connectivity index (χ0) is 12.0. The van der Waals surface area contributed by atoms with E-state index in [0.717, 1.165) is 11.3 Å². The Morgan fingerprint density at radius 2 is 2.19 bits per heavy atom. The third-order valence-corrected chi connectivity index (χ3v) is 2.47. The van der Waals surface area contributed by atoms with E-state index in [4.69, 9.17) is 9.84 Å². The van der Waals surface area contributed by atoms with Crippen LogP contribution >= 0.6 is 0 Å². The first-order valence-electron chi connectivity index (χ1n) is 5.87. The molecule has 1 heterocycles. The number of aliphatic hydroxyl groups is 1.